The highest BCUT2D eigenvalue weighted by molar-refractivity contribution is 5.83. The average Bonchev–Trinajstić information content (AvgIpc) is 3.32. The molecule has 0 saturated carbocycles. The van der Waals surface area contributed by atoms with Crippen molar-refractivity contribution in [2.24, 2.45) is 0 Å². The summed E-state index contributed by atoms with van der Waals surface area (Å²) in [6, 6.07) is 11.6. The molecule has 2 aliphatic rings. The summed E-state index contributed by atoms with van der Waals surface area (Å²) in [5, 5.41) is 2.76. The summed E-state index contributed by atoms with van der Waals surface area (Å²) in [6.45, 7) is 4.14. The second kappa shape index (κ2) is 7.56. The van der Waals surface area contributed by atoms with Gasteiger partial charge in [-0.25, -0.2) is 4.98 Å². The fourth-order valence-electron chi connectivity index (χ4n) is 4.24. The van der Waals surface area contributed by atoms with E-state index in [0.717, 1.165) is 40.1 Å². The molecule has 4 heterocycles. The summed E-state index contributed by atoms with van der Waals surface area (Å²) in [4.78, 5) is 21.6. The molecular weight excluding hydrogens is 406 g/mol. The van der Waals surface area contributed by atoms with Crippen LogP contribution in [0.1, 0.15) is 31.2 Å². The highest BCUT2D eigenvalue weighted by atomic mass is 16.5. The van der Waals surface area contributed by atoms with Gasteiger partial charge in [-0.1, -0.05) is 0 Å². The zero-order valence-corrected chi connectivity index (χ0v) is 17.8. The number of rotatable bonds is 5. The Hall–Kier alpha value is -4.07. The van der Waals surface area contributed by atoms with Crippen molar-refractivity contribution < 1.29 is 14.3 Å². The van der Waals surface area contributed by atoms with Crippen LogP contribution in [0.25, 0.3) is 11.1 Å². The SMILES string of the molecule is CC1(C)Cc2cc(N3C(NC=O)=COC3c3ccnc(N)c3)c(-c3ccncc3)cc2O1. The van der Waals surface area contributed by atoms with Crippen LogP contribution in [0.4, 0.5) is 11.5 Å². The zero-order valence-electron chi connectivity index (χ0n) is 17.8. The van der Waals surface area contributed by atoms with Crippen LogP contribution in [0.2, 0.25) is 0 Å². The lowest BCUT2D eigenvalue weighted by atomic mass is 9.96. The molecule has 0 fully saturated rings. The van der Waals surface area contributed by atoms with Gasteiger partial charge in [0, 0.05) is 41.7 Å². The minimum Gasteiger partial charge on any atom is -0.487 e. The largest absolute Gasteiger partial charge is 0.487 e. The van der Waals surface area contributed by atoms with E-state index in [-0.39, 0.29) is 5.60 Å². The van der Waals surface area contributed by atoms with Crippen molar-refractivity contribution in [2.75, 3.05) is 10.6 Å². The first-order valence-electron chi connectivity index (χ1n) is 10.3. The van der Waals surface area contributed by atoms with E-state index in [1.807, 2.05) is 29.2 Å². The van der Waals surface area contributed by atoms with Gasteiger partial charge in [0.2, 0.25) is 12.6 Å². The molecule has 5 rings (SSSR count). The van der Waals surface area contributed by atoms with Crippen LogP contribution in [-0.4, -0.2) is 22.0 Å². The Balaban J connectivity index is 1.70. The Kier molecular flexibility index (Phi) is 4.70. The smallest absolute Gasteiger partial charge is 0.212 e. The van der Waals surface area contributed by atoms with Gasteiger partial charge in [0.25, 0.3) is 0 Å². The number of ether oxygens (including phenoxy) is 2. The lowest BCUT2D eigenvalue weighted by molar-refractivity contribution is -0.108. The van der Waals surface area contributed by atoms with E-state index in [1.54, 1.807) is 30.9 Å². The van der Waals surface area contributed by atoms with E-state index in [2.05, 4.69) is 35.2 Å². The maximum atomic E-state index is 11.4. The second-order valence-corrected chi connectivity index (χ2v) is 8.39. The van der Waals surface area contributed by atoms with Crippen molar-refractivity contribution in [3.8, 4) is 16.9 Å². The van der Waals surface area contributed by atoms with Crippen molar-refractivity contribution >= 4 is 17.9 Å². The molecule has 8 heteroatoms. The van der Waals surface area contributed by atoms with Crippen LogP contribution in [0.15, 0.2) is 67.1 Å². The maximum Gasteiger partial charge on any atom is 0.212 e. The van der Waals surface area contributed by atoms with Gasteiger partial charge in [-0.3, -0.25) is 14.7 Å². The number of carbonyl (C=O) groups excluding carboxylic acids is 1. The minimum atomic E-state index is -0.531. The molecule has 162 valence electrons. The summed E-state index contributed by atoms with van der Waals surface area (Å²) in [5.41, 5.74) is 10.3. The third kappa shape index (κ3) is 3.49. The number of nitrogens with one attached hydrogen (secondary N) is 1. The van der Waals surface area contributed by atoms with Crippen LogP contribution in [0, 0.1) is 0 Å². The fraction of sp³-hybridized carbons (Fsp3) is 0.208. The van der Waals surface area contributed by atoms with E-state index in [0.29, 0.717) is 18.0 Å². The molecule has 0 radical (unpaired) electrons. The van der Waals surface area contributed by atoms with Crippen molar-refractivity contribution in [3.63, 3.8) is 0 Å². The molecule has 2 aliphatic heterocycles. The van der Waals surface area contributed by atoms with Gasteiger partial charge in [0.05, 0.1) is 5.69 Å². The van der Waals surface area contributed by atoms with Crippen LogP contribution in [0.3, 0.4) is 0 Å². The molecule has 0 aliphatic carbocycles. The lowest BCUT2D eigenvalue weighted by Gasteiger charge is -2.30. The Bertz CT molecular complexity index is 1210. The maximum absolute atomic E-state index is 11.4. The Morgan fingerprint density at radius 1 is 1.19 bits per heavy atom. The molecule has 1 amide bonds. The van der Waals surface area contributed by atoms with E-state index in [1.165, 1.54) is 0 Å². The standard InChI is InChI=1S/C24H23N5O3/c1-24(2)12-17-9-19(18(11-20(17)32-24)15-3-6-26-7-4-15)29-22(28-14-30)13-31-23(29)16-5-8-27-21(25)10-16/h3-11,13-14,23H,12H2,1-2H3,(H2,25,27)(H,28,30). The molecule has 3 aromatic rings. The van der Waals surface area contributed by atoms with Crippen LogP contribution in [-0.2, 0) is 16.0 Å². The molecule has 0 spiro atoms. The molecule has 8 nitrogen and oxygen atoms in total. The van der Waals surface area contributed by atoms with Crippen molar-refractivity contribution in [1.82, 2.24) is 15.3 Å². The normalized spacial score (nSPS) is 18.4. The molecule has 2 aromatic heterocycles. The third-order valence-electron chi connectivity index (χ3n) is 5.53. The summed E-state index contributed by atoms with van der Waals surface area (Å²) < 4.78 is 12.2. The topological polar surface area (TPSA) is 103 Å². The minimum absolute atomic E-state index is 0.295. The van der Waals surface area contributed by atoms with E-state index < -0.39 is 6.23 Å². The summed E-state index contributed by atoms with van der Waals surface area (Å²) in [7, 11) is 0. The molecule has 1 unspecified atom stereocenters. The molecule has 32 heavy (non-hydrogen) atoms. The summed E-state index contributed by atoms with van der Waals surface area (Å²) >= 11 is 0. The van der Waals surface area contributed by atoms with Gasteiger partial charge in [-0.15, -0.1) is 0 Å². The predicted molar refractivity (Wildman–Crippen MR) is 120 cm³/mol. The van der Waals surface area contributed by atoms with Crippen molar-refractivity contribution in [2.45, 2.75) is 32.1 Å². The molecular formula is C24H23N5O3. The highest BCUT2D eigenvalue weighted by Gasteiger charge is 2.36. The van der Waals surface area contributed by atoms with E-state index in [4.69, 9.17) is 15.2 Å². The average molecular weight is 429 g/mol. The van der Waals surface area contributed by atoms with Gasteiger partial charge in [-0.05, 0) is 55.8 Å². The van der Waals surface area contributed by atoms with Gasteiger partial charge in [-0.2, -0.15) is 0 Å². The Morgan fingerprint density at radius 3 is 2.75 bits per heavy atom. The Labute approximate surface area is 185 Å². The molecule has 3 N–H and O–H groups in total. The predicted octanol–water partition coefficient (Wildman–Crippen LogP) is 3.52. The zero-order chi connectivity index (χ0) is 22.3. The summed E-state index contributed by atoms with van der Waals surface area (Å²) in [6.07, 6.45) is 7.56. The monoisotopic (exact) mass is 429 g/mol. The Morgan fingerprint density at radius 2 is 2.00 bits per heavy atom. The first-order chi connectivity index (χ1) is 15.4. The number of pyridine rings is 2. The van der Waals surface area contributed by atoms with Crippen LogP contribution < -0.4 is 20.7 Å². The number of anilines is 2. The highest BCUT2D eigenvalue weighted by Crippen LogP contribution is 2.47. The number of benzene rings is 1. The first kappa shape index (κ1) is 19.9. The number of nitrogens with two attached hydrogens (primary N) is 1. The van der Waals surface area contributed by atoms with E-state index in [9.17, 15) is 4.79 Å². The van der Waals surface area contributed by atoms with Gasteiger partial charge < -0.3 is 20.5 Å². The molecule has 1 aromatic carbocycles. The van der Waals surface area contributed by atoms with Gasteiger partial charge in [0.1, 0.15) is 23.4 Å². The number of fused-ring (bicyclic) bond motifs is 1. The number of carbonyl (C=O) groups is 1. The third-order valence-corrected chi connectivity index (χ3v) is 5.53. The number of nitrogen functional groups attached to an aromatic ring is 1. The van der Waals surface area contributed by atoms with Gasteiger partial charge >= 0.3 is 0 Å². The number of hydrogen-bond acceptors (Lipinski definition) is 7. The van der Waals surface area contributed by atoms with Crippen molar-refractivity contribution in [1.29, 1.82) is 0 Å². The van der Waals surface area contributed by atoms with Crippen LogP contribution in [0.5, 0.6) is 5.75 Å². The van der Waals surface area contributed by atoms with Crippen LogP contribution >= 0.6 is 0 Å². The number of nitrogens with zero attached hydrogens (tertiary/aromatic N) is 3. The van der Waals surface area contributed by atoms with Gasteiger partial charge in [0.15, 0.2) is 5.82 Å². The first-order valence-corrected chi connectivity index (χ1v) is 10.3. The number of aromatic nitrogens is 2. The number of hydrogen-bond donors (Lipinski definition) is 2. The number of amides is 1. The quantitative estimate of drug-likeness (QED) is 0.598. The summed E-state index contributed by atoms with van der Waals surface area (Å²) in [5.74, 6) is 1.76. The van der Waals surface area contributed by atoms with Crippen molar-refractivity contribution in [3.05, 3.63) is 78.2 Å². The molecule has 1 atom stereocenters. The molecule has 0 bridgehead atoms. The van der Waals surface area contributed by atoms with E-state index >= 15 is 0 Å². The fourth-order valence-corrected chi connectivity index (χ4v) is 4.24. The molecule has 0 saturated heterocycles. The second-order valence-electron chi connectivity index (χ2n) is 8.39. The lowest BCUT2D eigenvalue weighted by Crippen LogP contribution is -2.31.